The molecule has 2 heterocycles. The maximum absolute atomic E-state index is 12.7. The highest BCUT2D eigenvalue weighted by Crippen LogP contribution is 2.29. The third-order valence-corrected chi connectivity index (χ3v) is 5.30. The molecule has 6 heteroatoms. The molecule has 3 aromatic rings. The summed E-state index contributed by atoms with van der Waals surface area (Å²) in [6, 6.07) is 8.03. The Balaban J connectivity index is 1.67. The molecule has 0 bridgehead atoms. The number of carbonyl (C=O) groups excluding carboxylic acids is 1. The van der Waals surface area contributed by atoms with Crippen molar-refractivity contribution in [1.82, 2.24) is 15.0 Å². The lowest BCUT2D eigenvalue weighted by atomic mass is 9.87. The Kier molecular flexibility index (Phi) is 4.67. The molecule has 0 saturated heterocycles. The largest absolute Gasteiger partial charge is 0.391 e. The monoisotopic (exact) mass is 378 g/mol. The van der Waals surface area contributed by atoms with Gasteiger partial charge in [0.2, 0.25) is 0 Å². The number of Topliss-reactive ketones (excluding diaryl/α,β-unsaturated/α-hetero) is 1. The van der Waals surface area contributed by atoms with E-state index < -0.39 is 5.41 Å². The van der Waals surface area contributed by atoms with Gasteiger partial charge >= 0.3 is 0 Å². The van der Waals surface area contributed by atoms with Crippen molar-refractivity contribution < 1.29 is 9.90 Å². The van der Waals surface area contributed by atoms with Gasteiger partial charge in [-0.15, -0.1) is 0 Å². The Morgan fingerprint density at radius 2 is 2.11 bits per heavy atom. The zero-order valence-electron chi connectivity index (χ0n) is 16.5. The quantitative estimate of drug-likeness (QED) is 0.593. The van der Waals surface area contributed by atoms with E-state index in [1.165, 1.54) is 0 Å². The zero-order valence-corrected chi connectivity index (χ0v) is 16.5. The van der Waals surface area contributed by atoms with Crippen LogP contribution in [0.25, 0.3) is 22.4 Å². The van der Waals surface area contributed by atoms with Crippen LogP contribution in [0, 0.1) is 5.41 Å². The maximum atomic E-state index is 12.7. The molecule has 0 unspecified atom stereocenters. The fourth-order valence-corrected chi connectivity index (χ4v) is 3.70. The third kappa shape index (κ3) is 3.52. The van der Waals surface area contributed by atoms with Crippen LogP contribution in [0.4, 0.5) is 5.69 Å². The van der Waals surface area contributed by atoms with Crippen molar-refractivity contribution >= 4 is 22.6 Å². The van der Waals surface area contributed by atoms with Crippen LogP contribution < -0.4 is 5.32 Å². The van der Waals surface area contributed by atoms with Crippen LogP contribution in [0.2, 0.25) is 0 Å². The molecule has 1 aliphatic rings. The fourth-order valence-electron chi connectivity index (χ4n) is 3.70. The first-order valence-electron chi connectivity index (χ1n) is 9.77. The minimum atomic E-state index is -0.487. The second-order valence-corrected chi connectivity index (χ2v) is 8.56. The maximum Gasteiger partial charge on any atom is 0.171 e. The van der Waals surface area contributed by atoms with Crippen molar-refractivity contribution in [2.75, 3.05) is 5.32 Å². The van der Waals surface area contributed by atoms with Gasteiger partial charge in [-0.2, -0.15) is 0 Å². The molecule has 0 spiro atoms. The molecule has 1 saturated carbocycles. The van der Waals surface area contributed by atoms with Crippen molar-refractivity contribution in [1.29, 1.82) is 0 Å². The summed E-state index contributed by atoms with van der Waals surface area (Å²) >= 11 is 0. The lowest BCUT2D eigenvalue weighted by Gasteiger charge is -2.18. The van der Waals surface area contributed by atoms with E-state index in [0.717, 1.165) is 30.5 Å². The van der Waals surface area contributed by atoms with Gasteiger partial charge in [-0.1, -0.05) is 32.9 Å². The summed E-state index contributed by atoms with van der Waals surface area (Å²) in [5.74, 6) is 0.0378. The number of hydrogen-bond acceptors (Lipinski definition) is 5. The van der Waals surface area contributed by atoms with Crippen molar-refractivity contribution in [2.45, 2.75) is 52.2 Å². The normalized spacial score (nSPS) is 19.9. The van der Waals surface area contributed by atoms with Crippen molar-refractivity contribution in [3.63, 3.8) is 0 Å². The Hall–Kier alpha value is -2.73. The van der Waals surface area contributed by atoms with Crippen LogP contribution in [0.3, 0.4) is 0 Å². The Morgan fingerprint density at radius 3 is 2.82 bits per heavy atom. The van der Waals surface area contributed by atoms with Gasteiger partial charge in [-0.05, 0) is 31.4 Å². The zero-order chi connectivity index (χ0) is 19.9. The summed E-state index contributed by atoms with van der Waals surface area (Å²) in [5, 5.41) is 13.5. The lowest BCUT2D eigenvalue weighted by Crippen LogP contribution is -2.27. The SMILES string of the molecule is CC(C)(C)C(=O)c1c[nH]c2ncc(-c3cccc(N[C@@H]4CCC[C@H]4O)c3)nc12. The molecule has 146 valence electrons. The number of hydrogen-bond donors (Lipinski definition) is 3. The topological polar surface area (TPSA) is 90.9 Å². The molecule has 2 atom stereocenters. The van der Waals surface area contributed by atoms with Crippen molar-refractivity contribution in [3.05, 3.63) is 42.2 Å². The van der Waals surface area contributed by atoms with Gasteiger partial charge in [0.15, 0.2) is 11.4 Å². The highest BCUT2D eigenvalue weighted by molar-refractivity contribution is 6.08. The second kappa shape index (κ2) is 7.02. The van der Waals surface area contributed by atoms with Gasteiger partial charge in [0.05, 0.1) is 29.6 Å². The number of aliphatic hydroxyl groups is 1. The van der Waals surface area contributed by atoms with Crippen LogP contribution >= 0.6 is 0 Å². The number of aromatic nitrogens is 3. The lowest BCUT2D eigenvalue weighted by molar-refractivity contribution is 0.0860. The average molecular weight is 378 g/mol. The molecule has 0 radical (unpaired) electrons. The minimum Gasteiger partial charge on any atom is -0.391 e. The first kappa shape index (κ1) is 18.6. The van der Waals surface area contributed by atoms with Gasteiger partial charge in [-0.25, -0.2) is 9.97 Å². The van der Waals surface area contributed by atoms with Crippen LogP contribution in [-0.4, -0.2) is 38.0 Å². The molecule has 1 aliphatic carbocycles. The van der Waals surface area contributed by atoms with Crippen LogP contribution in [-0.2, 0) is 0 Å². The predicted octanol–water partition coefficient (Wildman–Crippen LogP) is 4.18. The number of rotatable bonds is 4. The number of benzene rings is 1. The molecule has 0 aliphatic heterocycles. The molecule has 1 aromatic carbocycles. The van der Waals surface area contributed by atoms with Crippen LogP contribution in [0.15, 0.2) is 36.7 Å². The number of aliphatic hydroxyl groups excluding tert-OH is 1. The van der Waals surface area contributed by atoms with E-state index in [-0.39, 0.29) is 17.9 Å². The van der Waals surface area contributed by atoms with Crippen molar-refractivity contribution in [2.24, 2.45) is 5.41 Å². The summed E-state index contributed by atoms with van der Waals surface area (Å²) < 4.78 is 0. The number of nitrogens with zero attached hydrogens (tertiary/aromatic N) is 2. The van der Waals surface area contributed by atoms with E-state index in [1.54, 1.807) is 12.4 Å². The standard InChI is InChI=1S/C22H26N4O2/c1-22(2,3)20(28)15-11-23-21-19(15)26-17(12-24-21)13-6-4-7-14(10-13)25-16-8-5-9-18(16)27/h4,6-7,10-12,16,18,25,27H,5,8-9H2,1-3H3,(H,23,24)/t16-,18-/m1/s1. The van der Waals surface area contributed by atoms with Crippen molar-refractivity contribution in [3.8, 4) is 11.3 Å². The number of H-pyrrole nitrogens is 1. The molecular formula is C22H26N4O2. The highest BCUT2D eigenvalue weighted by atomic mass is 16.3. The molecular weight excluding hydrogens is 352 g/mol. The molecule has 6 nitrogen and oxygen atoms in total. The summed E-state index contributed by atoms with van der Waals surface area (Å²) in [4.78, 5) is 25.0. The Morgan fingerprint density at radius 1 is 1.29 bits per heavy atom. The smallest absolute Gasteiger partial charge is 0.171 e. The van der Waals surface area contributed by atoms with E-state index in [9.17, 15) is 9.90 Å². The van der Waals surface area contributed by atoms with E-state index >= 15 is 0 Å². The number of nitrogens with one attached hydrogen (secondary N) is 2. The van der Waals surface area contributed by atoms with Gasteiger partial charge in [0, 0.05) is 22.9 Å². The van der Waals surface area contributed by atoms with Gasteiger partial charge in [-0.3, -0.25) is 4.79 Å². The molecule has 28 heavy (non-hydrogen) atoms. The number of carbonyl (C=O) groups is 1. The van der Waals surface area contributed by atoms with E-state index in [2.05, 4.69) is 15.3 Å². The molecule has 1 fully saturated rings. The summed E-state index contributed by atoms with van der Waals surface area (Å²) in [6.45, 7) is 5.70. The summed E-state index contributed by atoms with van der Waals surface area (Å²) in [5.41, 5.74) is 3.87. The average Bonchev–Trinajstić information content (AvgIpc) is 3.26. The minimum absolute atomic E-state index is 0.0378. The van der Waals surface area contributed by atoms with E-state index in [1.807, 2.05) is 45.0 Å². The number of aromatic amines is 1. The first-order valence-corrected chi connectivity index (χ1v) is 9.77. The highest BCUT2D eigenvalue weighted by Gasteiger charge is 2.27. The van der Waals surface area contributed by atoms with E-state index in [0.29, 0.717) is 22.4 Å². The first-order chi connectivity index (χ1) is 13.3. The van der Waals surface area contributed by atoms with Crippen LogP contribution in [0.1, 0.15) is 50.4 Å². The van der Waals surface area contributed by atoms with Crippen LogP contribution in [0.5, 0.6) is 0 Å². The summed E-state index contributed by atoms with van der Waals surface area (Å²) in [7, 11) is 0. The van der Waals surface area contributed by atoms with Gasteiger partial charge < -0.3 is 15.4 Å². The predicted molar refractivity (Wildman–Crippen MR) is 110 cm³/mol. The Labute approximate surface area is 164 Å². The number of fused-ring (bicyclic) bond motifs is 1. The number of ketones is 1. The molecule has 3 N–H and O–H groups in total. The molecule has 4 rings (SSSR count). The third-order valence-electron chi connectivity index (χ3n) is 5.30. The van der Waals surface area contributed by atoms with Gasteiger partial charge in [0.25, 0.3) is 0 Å². The van der Waals surface area contributed by atoms with Gasteiger partial charge in [0.1, 0.15) is 5.52 Å². The number of anilines is 1. The fraction of sp³-hybridized carbons (Fsp3) is 0.409. The molecule has 2 aromatic heterocycles. The second-order valence-electron chi connectivity index (χ2n) is 8.56. The van der Waals surface area contributed by atoms with E-state index in [4.69, 9.17) is 4.98 Å². The summed E-state index contributed by atoms with van der Waals surface area (Å²) in [6.07, 6.45) is 5.97. The Bertz CT molecular complexity index is 1020. The molecule has 0 amide bonds.